The Morgan fingerprint density at radius 2 is 1.96 bits per heavy atom. The van der Waals surface area contributed by atoms with Gasteiger partial charge in [-0.2, -0.15) is 0 Å². The van der Waals surface area contributed by atoms with Gasteiger partial charge < -0.3 is 15.4 Å². The van der Waals surface area contributed by atoms with Gasteiger partial charge in [0.2, 0.25) is 5.91 Å². The van der Waals surface area contributed by atoms with Crippen molar-refractivity contribution in [1.82, 2.24) is 5.32 Å². The summed E-state index contributed by atoms with van der Waals surface area (Å²) in [4.78, 5) is 12.6. The lowest BCUT2D eigenvalue weighted by Gasteiger charge is -2.27. The largest absolute Gasteiger partial charge is 0.455 e. The van der Waals surface area contributed by atoms with Crippen molar-refractivity contribution in [3.8, 4) is 11.5 Å². The topological polar surface area (TPSA) is 50.4 Å². The minimum absolute atomic E-state index is 0. The van der Waals surface area contributed by atoms with Crippen LogP contribution in [0.1, 0.15) is 25.3 Å². The number of piperidine rings is 1. The molecule has 25 heavy (non-hydrogen) atoms. The quantitative estimate of drug-likeness (QED) is 0.841. The molecule has 0 saturated carbocycles. The fraction of sp³-hybridized carbons (Fsp3) is 0.350. The van der Waals surface area contributed by atoms with Gasteiger partial charge >= 0.3 is 0 Å². The van der Waals surface area contributed by atoms with Crippen LogP contribution in [0.5, 0.6) is 11.5 Å². The number of halogens is 1. The molecular weight excluding hydrogens is 336 g/mol. The van der Waals surface area contributed by atoms with Gasteiger partial charge in [0.05, 0.1) is 5.69 Å². The number of aryl methyl sites for hydroxylation is 1. The Balaban J connectivity index is 0.00000225. The van der Waals surface area contributed by atoms with Crippen molar-refractivity contribution >= 4 is 24.0 Å². The zero-order valence-corrected chi connectivity index (χ0v) is 15.4. The monoisotopic (exact) mass is 360 g/mol. The summed E-state index contributed by atoms with van der Waals surface area (Å²) in [5, 5.41) is 6.45. The first-order valence-corrected chi connectivity index (χ1v) is 8.49. The predicted octanol–water partition coefficient (Wildman–Crippen LogP) is 4.54. The van der Waals surface area contributed by atoms with E-state index >= 15 is 0 Å². The smallest absolute Gasteiger partial charge is 0.227 e. The van der Waals surface area contributed by atoms with Gasteiger partial charge in [-0.15, -0.1) is 12.4 Å². The van der Waals surface area contributed by atoms with Gasteiger partial charge in [0.15, 0.2) is 5.75 Å². The van der Waals surface area contributed by atoms with Crippen LogP contribution in [0, 0.1) is 12.8 Å². The van der Waals surface area contributed by atoms with E-state index in [1.165, 1.54) is 0 Å². The third-order valence-corrected chi connectivity index (χ3v) is 4.36. The van der Waals surface area contributed by atoms with Crippen molar-refractivity contribution in [1.29, 1.82) is 0 Å². The lowest BCUT2D eigenvalue weighted by Crippen LogP contribution is -2.40. The fourth-order valence-electron chi connectivity index (χ4n) is 3.05. The van der Waals surface area contributed by atoms with Crippen LogP contribution in [-0.2, 0) is 4.79 Å². The highest BCUT2D eigenvalue weighted by Crippen LogP contribution is 2.31. The van der Waals surface area contributed by atoms with Crippen LogP contribution >= 0.6 is 12.4 Å². The molecule has 5 heteroatoms. The minimum atomic E-state index is 0. The van der Waals surface area contributed by atoms with Gasteiger partial charge in [0.25, 0.3) is 0 Å². The summed E-state index contributed by atoms with van der Waals surface area (Å²) in [7, 11) is 0. The fourth-order valence-corrected chi connectivity index (χ4v) is 3.05. The summed E-state index contributed by atoms with van der Waals surface area (Å²) in [6.07, 6.45) is 1.74. The molecule has 0 bridgehead atoms. The van der Waals surface area contributed by atoms with Gasteiger partial charge in [-0.25, -0.2) is 0 Å². The zero-order valence-electron chi connectivity index (χ0n) is 14.6. The highest BCUT2D eigenvalue weighted by atomic mass is 35.5. The molecule has 2 N–H and O–H groups in total. The van der Waals surface area contributed by atoms with Crippen LogP contribution in [0.4, 0.5) is 5.69 Å². The van der Waals surface area contributed by atoms with E-state index in [2.05, 4.69) is 17.6 Å². The predicted molar refractivity (Wildman–Crippen MR) is 104 cm³/mol. The van der Waals surface area contributed by atoms with E-state index < -0.39 is 0 Å². The first-order chi connectivity index (χ1) is 11.6. The normalized spacial score (nSPS) is 19.6. The Hall–Kier alpha value is -2.04. The second kappa shape index (κ2) is 8.88. The maximum atomic E-state index is 12.6. The van der Waals surface area contributed by atoms with E-state index in [-0.39, 0.29) is 24.2 Å². The van der Waals surface area contributed by atoms with Crippen molar-refractivity contribution in [2.75, 3.05) is 11.9 Å². The molecule has 1 saturated heterocycles. The molecule has 134 valence electrons. The molecule has 0 radical (unpaired) electrons. The van der Waals surface area contributed by atoms with Crippen molar-refractivity contribution in [3.63, 3.8) is 0 Å². The van der Waals surface area contributed by atoms with Crippen LogP contribution < -0.4 is 15.4 Å². The van der Waals surface area contributed by atoms with Crippen LogP contribution in [-0.4, -0.2) is 18.5 Å². The van der Waals surface area contributed by atoms with Crippen molar-refractivity contribution in [2.45, 2.75) is 32.7 Å². The van der Waals surface area contributed by atoms with Gasteiger partial charge in [-0.3, -0.25) is 4.79 Å². The Labute approximate surface area is 155 Å². The number of hydrogen-bond acceptors (Lipinski definition) is 3. The number of amides is 1. The first-order valence-electron chi connectivity index (χ1n) is 8.49. The van der Waals surface area contributed by atoms with Gasteiger partial charge in [0, 0.05) is 12.0 Å². The van der Waals surface area contributed by atoms with E-state index in [0.717, 1.165) is 36.4 Å². The van der Waals surface area contributed by atoms with E-state index in [4.69, 9.17) is 4.74 Å². The summed E-state index contributed by atoms with van der Waals surface area (Å²) in [5.74, 6) is 1.55. The van der Waals surface area contributed by atoms with Gasteiger partial charge in [-0.1, -0.05) is 24.3 Å². The molecular formula is C20H25ClN2O2. The molecule has 0 aliphatic carbocycles. The van der Waals surface area contributed by atoms with Crippen molar-refractivity contribution in [3.05, 3.63) is 54.1 Å². The molecule has 4 nitrogen and oxygen atoms in total. The molecule has 0 spiro atoms. The maximum absolute atomic E-state index is 12.6. The molecule has 3 rings (SSSR count). The van der Waals surface area contributed by atoms with Crippen molar-refractivity contribution in [2.24, 2.45) is 5.92 Å². The minimum Gasteiger partial charge on any atom is -0.455 e. The number of ether oxygens (including phenoxy) is 1. The molecule has 0 unspecified atom stereocenters. The number of hydrogen-bond donors (Lipinski definition) is 2. The summed E-state index contributed by atoms with van der Waals surface area (Å²) in [6.45, 7) is 5.02. The first kappa shape index (κ1) is 19.3. The molecule has 1 fully saturated rings. The number of carbonyl (C=O) groups excluding carboxylic acids is 1. The SMILES string of the molecule is Cc1ccc(Oc2ccccc2)c(NC(=O)[C@H]2CCN[C@@H](C)C2)c1.Cl. The number of nitrogens with one attached hydrogen (secondary N) is 2. The molecule has 2 atom stereocenters. The summed E-state index contributed by atoms with van der Waals surface area (Å²) >= 11 is 0. The van der Waals surface area contributed by atoms with E-state index in [1.807, 2.05) is 55.5 Å². The van der Waals surface area contributed by atoms with E-state index in [9.17, 15) is 4.79 Å². The van der Waals surface area contributed by atoms with Gasteiger partial charge in [-0.05, 0) is 63.1 Å². The Morgan fingerprint density at radius 3 is 2.68 bits per heavy atom. The Morgan fingerprint density at radius 1 is 1.20 bits per heavy atom. The lowest BCUT2D eigenvalue weighted by molar-refractivity contribution is -0.120. The third kappa shape index (κ3) is 5.21. The average molecular weight is 361 g/mol. The van der Waals surface area contributed by atoms with Crippen LogP contribution in [0.15, 0.2) is 48.5 Å². The molecule has 1 aliphatic rings. The maximum Gasteiger partial charge on any atom is 0.227 e. The van der Waals surface area contributed by atoms with E-state index in [1.54, 1.807) is 0 Å². The second-order valence-corrected chi connectivity index (χ2v) is 6.48. The summed E-state index contributed by atoms with van der Waals surface area (Å²) < 4.78 is 5.95. The molecule has 2 aromatic rings. The highest BCUT2D eigenvalue weighted by molar-refractivity contribution is 5.94. The van der Waals surface area contributed by atoms with Crippen LogP contribution in [0.2, 0.25) is 0 Å². The molecule has 0 aromatic heterocycles. The lowest BCUT2D eigenvalue weighted by atomic mass is 9.92. The van der Waals surface area contributed by atoms with Crippen molar-refractivity contribution < 1.29 is 9.53 Å². The Kier molecular flexibility index (Phi) is 6.85. The van der Waals surface area contributed by atoms with Crippen LogP contribution in [0.3, 0.4) is 0 Å². The molecule has 1 heterocycles. The number of rotatable bonds is 4. The molecule has 2 aromatic carbocycles. The third-order valence-electron chi connectivity index (χ3n) is 4.36. The van der Waals surface area contributed by atoms with Gasteiger partial charge in [0.1, 0.15) is 5.75 Å². The molecule has 1 amide bonds. The summed E-state index contributed by atoms with van der Waals surface area (Å²) in [5.41, 5.74) is 1.82. The highest BCUT2D eigenvalue weighted by Gasteiger charge is 2.25. The average Bonchev–Trinajstić information content (AvgIpc) is 2.58. The molecule has 1 aliphatic heterocycles. The van der Waals surface area contributed by atoms with E-state index in [0.29, 0.717) is 11.8 Å². The summed E-state index contributed by atoms with van der Waals surface area (Å²) in [6, 6.07) is 15.8. The number of anilines is 1. The number of para-hydroxylation sites is 1. The zero-order chi connectivity index (χ0) is 16.9. The number of carbonyl (C=O) groups is 1. The standard InChI is InChI=1S/C20H24N2O2.ClH/c1-14-8-9-19(24-17-6-4-3-5-7-17)18(12-14)22-20(23)16-10-11-21-15(2)13-16;/h3-9,12,15-16,21H,10-11,13H2,1-2H3,(H,22,23);1H/t15-,16-;/m0./s1. The Bertz CT molecular complexity index is 706. The number of benzene rings is 2. The van der Waals surface area contributed by atoms with Crippen LogP contribution in [0.25, 0.3) is 0 Å². The second-order valence-electron chi connectivity index (χ2n) is 6.48.